The van der Waals surface area contributed by atoms with Crippen molar-refractivity contribution in [3.8, 4) is 0 Å². The van der Waals surface area contributed by atoms with Crippen molar-refractivity contribution in [3.63, 3.8) is 0 Å². The highest BCUT2D eigenvalue weighted by Crippen LogP contribution is 2.18. The van der Waals surface area contributed by atoms with Crippen LogP contribution in [0.5, 0.6) is 0 Å². The molecule has 4 nitrogen and oxygen atoms in total. The SMILES string of the molecule is CCCNc1ncc(Br)cc1C(=O)NC(C)C. The van der Waals surface area contributed by atoms with Crippen molar-refractivity contribution < 1.29 is 4.79 Å². The number of carbonyl (C=O) groups excluding carboxylic acids is 1. The molecule has 2 N–H and O–H groups in total. The molecule has 0 unspecified atom stereocenters. The highest BCUT2D eigenvalue weighted by Gasteiger charge is 2.13. The Kier molecular flexibility index (Phi) is 5.41. The standard InChI is InChI=1S/C12H18BrN3O/c1-4-5-14-11-10(6-9(13)7-15-11)12(17)16-8(2)3/h6-8H,4-5H2,1-3H3,(H,14,15)(H,16,17). The molecule has 0 aromatic carbocycles. The van der Waals surface area contributed by atoms with Crippen molar-refractivity contribution in [1.29, 1.82) is 0 Å². The molecule has 1 aromatic rings. The first kappa shape index (κ1) is 14.0. The number of hydrogen-bond acceptors (Lipinski definition) is 3. The molecule has 1 amide bonds. The van der Waals surface area contributed by atoms with Gasteiger partial charge in [0.25, 0.3) is 5.91 Å². The van der Waals surface area contributed by atoms with Crippen LogP contribution in [-0.2, 0) is 0 Å². The molecule has 94 valence electrons. The fourth-order valence-corrected chi connectivity index (χ4v) is 1.67. The summed E-state index contributed by atoms with van der Waals surface area (Å²) < 4.78 is 0.799. The van der Waals surface area contributed by atoms with Crippen LogP contribution in [0.1, 0.15) is 37.6 Å². The van der Waals surface area contributed by atoms with E-state index >= 15 is 0 Å². The lowest BCUT2D eigenvalue weighted by atomic mass is 10.2. The second-order valence-corrected chi connectivity index (χ2v) is 5.02. The minimum absolute atomic E-state index is 0.104. The number of aromatic nitrogens is 1. The zero-order chi connectivity index (χ0) is 12.8. The maximum atomic E-state index is 12.0. The molecule has 0 aliphatic heterocycles. The van der Waals surface area contributed by atoms with Crippen molar-refractivity contribution >= 4 is 27.7 Å². The van der Waals surface area contributed by atoms with Gasteiger partial charge in [0.15, 0.2) is 0 Å². The maximum absolute atomic E-state index is 12.0. The Labute approximate surface area is 110 Å². The number of halogens is 1. The van der Waals surface area contributed by atoms with Crippen LogP contribution in [-0.4, -0.2) is 23.5 Å². The van der Waals surface area contributed by atoms with E-state index in [0.29, 0.717) is 11.4 Å². The molecule has 0 aliphatic rings. The molecule has 0 bridgehead atoms. The van der Waals surface area contributed by atoms with Crippen molar-refractivity contribution in [2.75, 3.05) is 11.9 Å². The molecule has 5 heteroatoms. The van der Waals surface area contributed by atoms with Crippen molar-refractivity contribution in [2.45, 2.75) is 33.2 Å². The Morgan fingerprint density at radius 1 is 1.53 bits per heavy atom. The number of amides is 1. The topological polar surface area (TPSA) is 54.0 Å². The lowest BCUT2D eigenvalue weighted by Crippen LogP contribution is -2.31. The molecule has 1 aromatic heterocycles. The van der Waals surface area contributed by atoms with E-state index in [4.69, 9.17) is 0 Å². The molecule has 1 rings (SSSR count). The average molecular weight is 300 g/mol. The van der Waals surface area contributed by atoms with Gasteiger partial charge in [0.05, 0.1) is 5.56 Å². The lowest BCUT2D eigenvalue weighted by molar-refractivity contribution is 0.0943. The molecule has 0 fully saturated rings. The van der Waals surface area contributed by atoms with Crippen LogP contribution in [0.25, 0.3) is 0 Å². The number of nitrogens with zero attached hydrogens (tertiary/aromatic N) is 1. The highest BCUT2D eigenvalue weighted by molar-refractivity contribution is 9.10. The first-order valence-corrected chi connectivity index (χ1v) is 6.54. The Bertz CT molecular complexity index is 393. The molecule has 0 atom stereocenters. The molecule has 0 saturated heterocycles. The molecular formula is C12H18BrN3O. The van der Waals surface area contributed by atoms with Gasteiger partial charge in [0.1, 0.15) is 5.82 Å². The van der Waals surface area contributed by atoms with Crippen LogP contribution in [0.4, 0.5) is 5.82 Å². The third-order valence-corrected chi connectivity index (χ3v) is 2.49. The summed E-state index contributed by atoms with van der Waals surface area (Å²) >= 11 is 3.33. The van der Waals surface area contributed by atoms with E-state index in [9.17, 15) is 4.79 Å². The van der Waals surface area contributed by atoms with Gasteiger partial charge in [-0.25, -0.2) is 4.98 Å². The molecule has 0 spiro atoms. The van der Waals surface area contributed by atoms with E-state index in [2.05, 4.69) is 38.5 Å². The van der Waals surface area contributed by atoms with Gasteiger partial charge in [-0.1, -0.05) is 6.92 Å². The summed E-state index contributed by atoms with van der Waals surface area (Å²) in [5.74, 6) is 0.528. The normalized spacial score (nSPS) is 10.4. The molecular weight excluding hydrogens is 282 g/mol. The maximum Gasteiger partial charge on any atom is 0.255 e. The Morgan fingerprint density at radius 2 is 2.24 bits per heavy atom. The van der Waals surface area contributed by atoms with Gasteiger partial charge in [0, 0.05) is 23.3 Å². The van der Waals surface area contributed by atoms with E-state index in [1.165, 1.54) is 0 Å². The van der Waals surface area contributed by atoms with Crippen LogP contribution in [0, 0.1) is 0 Å². The zero-order valence-corrected chi connectivity index (χ0v) is 12.0. The molecule has 0 radical (unpaired) electrons. The highest BCUT2D eigenvalue weighted by atomic mass is 79.9. The molecule has 1 heterocycles. The molecule has 0 aliphatic carbocycles. The van der Waals surface area contributed by atoms with Gasteiger partial charge in [-0.2, -0.15) is 0 Å². The van der Waals surface area contributed by atoms with Gasteiger partial charge >= 0.3 is 0 Å². The fraction of sp³-hybridized carbons (Fsp3) is 0.500. The molecule has 0 saturated carbocycles. The number of carbonyl (C=O) groups is 1. The first-order valence-electron chi connectivity index (χ1n) is 5.74. The predicted molar refractivity (Wildman–Crippen MR) is 73.3 cm³/mol. The Balaban J connectivity index is 2.93. The van der Waals surface area contributed by atoms with E-state index in [-0.39, 0.29) is 11.9 Å². The Morgan fingerprint density at radius 3 is 2.82 bits per heavy atom. The van der Waals surface area contributed by atoms with Crippen molar-refractivity contribution in [1.82, 2.24) is 10.3 Å². The fourth-order valence-electron chi connectivity index (χ4n) is 1.34. The van der Waals surface area contributed by atoms with E-state index < -0.39 is 0 Å². The third-order valence-electron chi connectivity index (χ3n) is 2.06. The van der Waals surface area contributed by atoms with E-state index in [1.807, 2.05) is 13.8 Å². The number of pyridine rings is 1. The van der Waals surface area contributed by atoms with E-state index in [1.54, 1.807) is 12.3 Å². The Hall–Kier alpha value is -1.10. The summed E-state index contributed by atoms with van der Waals surface area (Å²) in [5.41, 5.74) is 0.571. The summed E-state index contributed by atoms with van der Waals surface area (Å²) in [6.45, 7) is 6.74. The van der Waals surface area contributed by atoms with Crippen LogP contribution < -0.4 is 10.6 Å². The monoisotopic (exact) mass is 299 g/mol. The van der Waals surface area contributed by atoms with Crippen LogP contribution in [0.15, 0.2) is 16.7 Å². The van der Waals surface area contributed by atoms with Crippen molar-refractivity contribution in [3.05, 3.63) is 22.3 Å². The summed E-state index contributed by atoms with van der Waals surface area (Å²) in [4.78, 5) is 16.2. The third kappa shape index (κ3) is 4.34. The number of rotatable bonds is 5. The first-order chi connectivity index (χ1) is 8.04. The zero-order valence-electron chi connectivity index (χ0n) is 10.4. The van der Waals surface area contributed by atoms with Crippen LogP contribution in [0.2, 0.25) is 0 Å². The van der Waals surface area contributed by atoms with Gasteiger partial charge in [-0.05, 0) is 42.3 Å². The van der Waals surface area contributed by atoms with E-state index in [0.717, 1.165) is 17.4 Å². The summed E-state index contributed by atoms with van der Waals surface area (Å²) in [6, 6.07) is 1.89. The molecule has 17 heavy (non-hydrogen) atoms. The number of hydrogen-bond donors (Lipinski definition) is 2. The number of nitrogens with one attached hydrogen (secondary N) is 2. The van der Waals surface area contributed by atoms with Crippen molar-refractivity contribution in [2.24, 2.45) is 0 Å². The van der Waals surface area contributed by atoms with Gasteiger partial charge in [-0.15, -0.1) is 0 Å². The summed E-state index contributed by atoms with van der Waals surface area (Å²) in [5, 5.41) is 6.01. The average Bonchev–Trinajstić information content (AvgIpc) is 2.26. The predicted octanol–water partition coefficient (Wildman–Crippen LogP) is 2.80. The smallest absolute Gasteiger partial charge is 0.255 e. The van der Waals surface area contributed by atoms with Crippen LogP contribution in [0.3, 0.4) is 0 Å². The summed E-state index contributed by atoms with van der Waals surface area (Å²) in [6.07, 6.45) is 2.67. The second-order valence-electron chi connectivity index (χ2n) is 4.10. The number of anilines is 1. The summed E-state index contributed by atoms with van der Waals surface area (Å²) in [7, 11) is 0. The van der Waals surface area contributed by atoms with Gasteiger partial charge in [-0.3, -0.25) is 4.79 Å². The van der Waals surface area contributed by atoms with Gasteiger partial charge < -0.3 is 10.6 Å². The lowest BCUT2D eigenvalue weighted by Gasteiger charge is -2.12. The second kappa shape index (κ2) is 6.59. The quantitative estimate of drug-likeness (QED) is 0.879. The minimum atomic E-state index is -0.104. The van der Waals surface area contributed by atoms with Crippen LogP contribution >= 0.6 is 15.9 Å². The minimum Gasteiger partial charge on any atom is -0.369 e. The largest absolute Gasteiger partial charge is 0.369 e. The van der Waals surface area contributed by atoms with Gasteiger partial charge in [0.2, 0.25) is 0 Å².